The molecule has 0 radical (unpaired) electrons. The first-order valence-electron chi connectivity index (χ1n) is 10.7. The third-order valence-electron chi connectivity index (χ3n) is 6.02. The molecule has 4 rings (SSSR count). The molecule has 3 aromatic rings. The predicted molar refractivity (Wildman–Crippen MR) is 124 cm³/mol. The Morgan fingerprint density at radius 2 is 1.73 bits per heavy atom. The molecule has 3 nitrogen and oxygen atoms in total. The molecule has 1 aliphatic heterocycles. The van der Waals surface area contributed by atoms with E-state index in [4.69, 9.17) is 0 Å². The van der Waals surface area contributed by atoms with Gasteiger partial charge in [0.15, 0.2) is 0 Å². The minimum absolute atomic E-state index is 0.0840. The molecule has 1 aliphatic rings. The van der Waals surface area contributed by atoms with Crippen LogP contribution in [0.1, 0.15) is 71.2 Å². The molecule has 1 aromatic heterocycles. The van der Waals surface area contributed by atoms with Gasteiger partial charge in [-0.25, -0.2) is 4.98 Å². The monoisotopic (exact) mass is 418 g/mol. The summed E-state index contributed by atoms with van der Waals surface area (Å²) in [6, 6.07) is 18.9. The van der Waals surface area contributed by atoms with Gasteiger partial charge in [0.25, 0.3) is 5.91 Å². The van der Waals surface area contributed by atoms with E-state index in [1.165, 1.54) is 11.1 Å². The van der Waals surface area contributed by atoms with Crippen LogP contribution in [0.15, 0.2) is 60.0 Å². The van der Waals surface area contributed by atoms with E-state index in [0.29, 0.717) is 5.92 Å². The van der Waals surface area contributed by atoms with Gasteiger partial charge in [-0.1, -0.05) is 63.2 Å². The molecule has 156 valence electrons. The number of nitrogens with zero attached hydrogens (tertiary/aromatic N) is 2. The van der Waals surface area contributed by atoms with Gasteiger partial charge in [0, 0.05) is 35.9 Å². The zero-order chi connectivity index (χ0) is 21.3. The molecule has 30 heavy (non-hydrogen) atoms. The largest absolute Gasteiger partial charge is 0.338 e. The highest BCUT2D eigenvalue weighted by molar-refractivity contribution is 7.09. The number of carbonyl (C=O) groups excluding carboxylic acids is 1. The molecule has 0 spiro atoms. The van der Waals surface area contributed by atoms with Crippen molar-refractivity contribution >= 4 is 17.2 Å². The van der Waals surface area contributed by atoms with Crippen LogP contribution in [0, 0.1) is 12.3 Å². The number of benzene rings is 2. The fourth-order valence-corrected chi connectivity index (χ4v) is 5.29. The zero-order valence-corrected chi connectivity index (χ0v) is 19.1. The van der Waals surface area contributed by atoms with Crippen LogP contribution in [0.5, 0.6) is 0 Å². The molecule has 4 heteroatoms. The molecule has 1 saturated heterocycles. The summed E-state index contributed by atoms with van der Waals surface area (Å²) >= 11 is 1.69. The maximum atomic E-state index is 13.1. The number of aryl methyl sites for hydroxylation is 1. The lowest BCUT2D eigenvalue weighted by atomic mass is 9.72. The Labute approximate surface area is 183 Å². The Kier molecular flexibility index (Phi) is 5.79. The first kappa shape index (κ1) is 20.8. The number of carbonyl (C=O) groups is 1. The molecule has 2 heterocycles. The van der Waals surface area contributed by atoms with Crippen molar-refractivity contribution in [1.82, 2.24) is 9.88 Å². The van der Waals surface area contributed by atoms with Crippen molar-refractivity contribution in [3.05, 3.63) is 87.4 Å². The first-order valence-corrected chi connectivity index (χ1v) is 11.6. The summed E-state index contributed by atoms with van der Waals surface area (Å²) in [6.45, 7) is 10.4. The number of hydrogen-bond donors (Lipinski definition) is 0. The molecule has 1 fully saturated rings. The second-order valence-corrected chi connectivity index (χ2v) is 10.4. The van der Waals surface area contributed by atoms with E-state index in [1.54, 1.807) is 11.3 Å². The normalized spacial score (nSPS) is 17.9. The lowest BCUT2D eigenvalue weighted by Crippen LogP contribution is -2.28. The van der Waals surface area contributed by atoms with E-state index in [9.17, 15) is 4.79 Å². The molecule has 2 aromatic carbocycles. The Hall–Kier alpha value is -2.46. The number of amides is 1. The summed E-state index contributed by atoms with van der Waals surface area (Å²) in [5, 5.41) is 3.23. The summed E-state index contributed by atoms with van der Waals surface area (Å²) in [6.07, 6.45) is 0.993. The molecule has 0 saturated carbocycles. The maximum absolute atomic E-state index is 13.1. The predicted octanol–water partition coefficient (Wildman–Crippen LogP) is 6.26. The van der Waals surface area contributed by atoms with Crippen LogP contribution in [0.2, 0.25) is 0 Å². The van der Waals surface area contributed by atoms with E-state index in [0.717, 1.165) is 35.8 Å². The molecule has 0 bridgehead atoms. The van der Waals surface area contributed by atoms with Gasteiger partial charge in [0.2, 0.25) is 0 Å². The minimum atomic E-state index is 0.0840. The lowest BCUT2D eigenvalue weighted by molar-refractivity contribution is 0.0790. The number of thiazole rings is 1. The highest BCUT2D eigenvalue weighted by Crippen LogP contribution is 2.40. The van der Waals surface area contributed by atoms with E-state index >= 15 is 0 Å². The second kappa shape index (κ2) is 8.35. The SMILES string of the molecule is Cc1nc(C2CCN(C(=O)c3ccc(C(c4ccccc4)C(C)(C)C)cc3)C2)cs1. The van der Waals surface area contributed by atoms with Crippen LogP contribution in [-0.4, -0.2) is 28.9 Å². The third kappa shape index (κ3) is 4.34. The van der Waals surface area contributed by atoms with Gasteiger partial charge in [-0.2, -0.15) is 0 Å². The molecule has 0 N–H and O–H groups in total. The van der Waals surface area contributed by atoms with Crippen molar-refractivity contribution in [1.29, 1.82) is 0 Å². The minimum Gasteiger partial charge on any atom is -0.338 e. The van der Waals surface area contributed by atoms with Crippen LogP contribution in [0.25, 0.3) is 0 Å². The summed E-state index contributed by atoms with van der Waals surface area (Å²) in [4.78, 5) is 19.7. The number of hydrogen-bond acceptors (Lipinski definition) is 3. The summed E-state index contributed by atoms with van der Waals surface area (Å²) in [5.41, 5.74) is 4.56. The van der Waals surface area contributed by atoms with Gasteiger partial charge < -0.3 is 4.90 Å². The third-order valence-corrected chi connectivity index (χ3v) is 6.81. The molecule has 0 aliphatic carbocycles. The van der Waals surface area contributed by atoms with Crippen LogP contribution in [-0.2, 0) is 0 Å². The van der Waals surface area contributed by atoms with Crippen molar-refractivity contribution in [2.24, 2.45) is 5.41 Å². The molecule has 1 amide bonds. The number of aromatic nitrogens is 1. The Balaban J connectivity index is 1.51. The first-order chi connectivity index (χ1) is 14.3. The average molecular weight is 419 g/mol. The Morgan fingerprint density at radius 1 is 1.07 bits per heavy atom. The molecular formula is C26H30N2OS. The summed E-state index contributed by atoms with van der Waals surface area (Å²) in [7, 11) is 0. The summed E-state index contributed by atoms with van der Waals surface area (Å²) in [5.74, 6) is 0.775. The van der Waals surface area contributed by atoms with Crippen molar-refractivity contribution in [3.8, 4) is 0 Å². The van der Waals surface area contributed by atoms with Crippen LogP contribution in [0.3, 0.4) is 0 Å². The van der Waals surface area contributed by atoms with Crippen LogP contribution in [0.4, 0.5) is 0 Å². The van der Waals surface area contributed by atoms with E-state index in [2.05, 4.69) is 73.6 Å². The van der Waals surface area contributed by atoms with Crippen LogP contribution < -0.4 is 0 Å². The summed E-state index contributed by atoms with van der Waals surface area (Å²) < 4.78 is 0. The standard InChI is InChI=1S/C26H30N2OS/c1-18-27-23(17-30-18)22-14-15-28(16-22)25(29)21-12-10-20(11-13-21)24(26(2,3)4)19-8-6-5-7-9-19/h5-13,17,22,24H,14-16H2,1-4H3. The maximum Gasteiger partial charge on any atom is 0.253 e. The van der Waals surface area contributed by atoms with Gasteiger partial charge >= 0.3 is 0 Å². The average Bonchev–Trinajstić information content (AvgIpc) is 3.37. The smallest absolute Gasteiger partial charge is 0.253 e. The number of rotatable bonds is 4. The fourth-order valence-electron chi connectivity index (χ4n) is 4.59. The topological polar surface area (TPSA) is 33.2 Å². The molecule has 2 unspecified atom stereocenters. The van der Waals surface area contributed by atoms with E-state index in [-0.39, 0.29) is 17.2 Å². The Bertz CT molecular complexity index is 1000. The van der Waals surface area contributed by atoms with Gasteiger partial charge in [-0.15, -0.1) is 11.3 Å². The Morgan fingerprint density at radius 3 is 2.33 bits per heavy atom. The van der Waals surface area contributed by atoms with Crippen LogP contribution >= 0.6 is 11.3 Å². The van der Waals surface area contributed by atoms with E-state index in [1.807, 2.05) is 24.0 Å². The van der Waals surface area contributed by atoms with Gasteiger partial charge in [0.1, 0.15) is 0 Å². The van der Waals surface area contributed by atoms with Crippen molar-refractivity contribution in [2.45, 2.75) is 46.0 Å². The lowest BCUT2D eigenvalue weighted by Gasteiger charge is -2.32. The van der Waals surface area contributed by atoms with Gasteiger partial charge in [-0.3, -0.25) is 4.79 Å². The van der Waals surface area contributed by atoms with Crippen molar-refractivity contribution < 1.29 is 4.79 Å². The zero-order valence-electron chi connectivity index (χ0n) is 18.3. The van der Waals surface area contributed by atoms with E-state index < -0.39 is 0 Å². The fraction of sp³-hybridized carbons (Fsp3) is 0.385. The van der Waals surface area contributed by atoms with Crippen molar-refractivity contribution in [3.63, 3.8) is 0 Å². The molecular weight excluding hydrogens is 388 g/mol. The van der Waals surface area contributed by atoms with Gasteiger partial charge in [-0.05, 0) is 42.0 Å². The van der Waals surface area contributed by atoms with Gasteiger partial charge in [0.05, 0.1) is 10.7 Å². The quantitative estimate of drug-likeness (QED) is 0.501. The highest BCUT2D eigenvalue weighted by Gasteiger charge is 2.30. The highest BCUT2D eigenvalue weighted by atomic mass is 32.1. The number of likely N-dealkylation sites (tertiary alicyclic amines) is 1. The second-order valence-electron chi connectivity index (χ2n) is 9.36. The molecule has 2 atom stereocenters. The van der Waals surface area contributed by atoms with Crippen molar-refractivity contribution in [2.75, 3.05) is 13.1 Å².